The number of hydrogen-bond acceptors (Lipinski definition) is 27. The van der Waals surface area contributed by atoms with Gasteiger partial charge in [-0.15, -0.1) is 33.7 Å². The molecule has 6 heterocycles. The predicted molar refractivity (Wildman–Crippen MR) is 430 cm³/mol. The zero-order chi connectivity index (χ0) is 86.1. The van der Waals surface area contributed by atoms with E-state index in [2.05, 4.69) is 58.1 Å². The molecule has 5 aromatic rings. The van der Waals surface area contributed by atoms with E-state index in [0.29, 0.717) is 119 Å². The van der Waals surface area contributed by atoms with Gasteiger partial charge in [-0.3, -0.25) is 82.3 Å². The van der Waals surface area contributed by atoms with Gasteiger partial charge in [0.25, 0.3) is 17.7 Å². The molecule has 3 fully saturated rings. The quantitative estimate of drug-likeness (QED) is 0.0199. The van der Waals surface area contributed by atoms with Gasteiger partial charge in [0.1, 0.15) is 56.8 Å². The van der Waals surface area contributed by atoms with E-state index >= 15 is 0 Å². The smallest absolute Gasteiger partial charge is 0.407 e. The van der Waals surface area contributed by atoms with Gasteiger partial charge in [-0.05, 0) is 106 Å². The number of carboxylic acid groups (broad SMARTS) is 4. The Hall–Kier alpha value is -11.2. The van der Waals surface area contributed by atoms with Gasteiger partial charge in [-0.2, -0.15) is 10.5 Å². The fourth-order valence-corrected chi connectivity index (χ4v) is 16.3. The van der Waals surface area contributed by atoms with Crippen LogP contribution in [-0.2, 0) is 60.7 Å². The number of rotatable bonds is 40. The number of nitrogens with zero attached hydrogens (tertiary/aromatic N) is 12. The summed E-state index contributed by atoms with van der Waals surface area (Å²) in [6.07, 6.45) is 5.55. The molecule has 3 aliphatic heterocycles. The zero-order valence-electron chi connectivity index (χ0n) is 66.3. The summed E-state index contributed by atoms with van der Waals surface area (Å²) in [7, 11) is 0. The van der Waals surface area contributed by atoms with Crippen molar-refractivity contribution in [2.75, 3.05) is 149 Å². The number of carbonyl (C=O) groups excluding carboxylic acids is 8. The topological polar surface area (TPSA) is 504 Å². The molecule has 10 N–H and O–H groups in total. The Balaban J connectivity index is 0.744. The molecular formula is C79H100F2N18O19S2. The van der Waals surface area contributed by atoms with Crippen molar-refractivity contribution < 1.29 is 101 Å². The standard InChI is InChI=1S/C79H100F2N18O19S2/c80-79(81)42-52(44-83)99(50-79)67(104)46-91-74(112)57-20-28-88-72-55(57)11-3-14-62(72)117-38-6-25-85-64(101)21-40-119-75-58-12-1-9-53(118-78(115)89-24-5-23-84-63(100)18-17-60(77(113)114)97-36-34-95(48-69(107)108)32-30-94(47-68(105)106)31-33-96(35-37-97)49-70(109)110)15-16-59(58)76(93-92-75)120-41-22-65(102)86-26-7-39-116-61-13-2-10-54-56(19-27-87-71(54)61)73(111)90-45-66(103)98-29-4-8-51(98)43-82/h2-3,10-11,13-14,19-20,27-28,51-53,60H,1,4-9,12,15-18,21-26,29-42,45-50H2,(H,84,100)(H,85,101)(H,86,102)(H,89,115)(H,90,111)(H,91,112)(H,105,106)(H,107,108)(H,109,110)(H,113,114)/t51-,52-,53?,60?/m0/s1. The van der Waals surface area contributed by atoms with Crippen LogP contribution in [0.2, 0.25) is 0 Å². The molecule has 3 saturated heterocycles. The van der Waals surface area contributed by atoms with Crippen molar-refractivity contribution in [2.45, 2.75) is 137 Å². The third-order valence-corrected chi connectivity index (χ3v) is 22.5. The van der Waals surface area contributed by atoms with Crippen molar-refractivity contribution in [3.63, 3.8) is 0 Å². The molecule has 9 rings (SSSR count). The average molecular weight is 1710 g/mol. The van der Waals surface area contributed by atoms with Crippen molar-refractivity contribution in [2.24, 2.45) is 0 Å². The van der Waals surface area contributed by atoms with E-state index in [1.54, 1.807) is 68.1 Å². The largest absolute Gasteiger partial charge is 0.491 e. The highest BCUT2D eigenvalue weighted by Crippen LogP contribution is 2.36. The van der Waals surface area contributed by atoms with Gasteiger partial charge in [0.05, 0.1) is 75.7 Å². The minimum absolute atomic E-state index is 0.0461. The molecule has 8 amide bonds. The number of amides is 8. The Morgan fingerprint density at radius 1 is 0.542 bits per heavy atom. The van der Waals surface area contributed by atoms with Gasteiger partial charge in [-0.25, -0.2) is 13.6 Å². The summed E-state index contributed by atoms with van der Waals surface area (Å²) < 4.78 is 46.1. The number of aliphatic carboxylic acids is 4. The molecular weight excluding hydrogens is 1610 g/mol. The number of likely N-dealkylation sites (tertiary alicyclic amines) is 2. The fraction of sp³-hybridized carbons (Fsp3) is 0.544. The van der Waals surface area contributed by atoms with Crippen molar-refractivity contribution in [1.82, 2.24) is 81.5 Å². The van der Waals surface area contributed by atoms with Gasteiger partial charge in [0.2, 0.25) is 29.5 Å². The maximum Gasteiger partial charge on any atom is 0.407 e. The van der Waals surface area contributed by atoms with Crippen LogP contribution in [0.1, 0.15) is 115 Å². The first-order chi connectivity index (χ1) is 57.8. The van der Waals surface area contributed by atoms with E-state index in [0.717, 1.165) is 16.0 Å². The average Bonchev–Trinajstić information content (AvgIpc) is 0.932. The molecule has 4 aliphatic rings. The molecule has 2 aromatic carbocycles. The van der Waals surface area contributed by atoms with Gasteiger partial charge in [0.15, 0.2) is 0 Å². The van der Waals surface area contributed by atoms with Crippen LogP contribution < -0.4 is 41.4 Å². The molecule has 0 radical (unpaired) electrons. The maximum atomic E-state index is 14.0. The number of hydrogen-bond donors (Lipinski definition) is 10. The number of pyridine rings is 2. The van der Waals surface area contributed by atoms with Crippen LogP contribution in [0.4, 0.5) is 13.6 Å². The second-order valence-electron chi connectivity index (χ2n) is 29.1. The number of alkyl carbamates (subject to hydrolysis) is 1. The first-order valence-corrected chi connectivity index (χ1v) is 41.7. The van der Waals surface area contributed by atoms with E-state index in [4.69, 9.17) is 14.2 Å². The van der Waals surface area contributed by atoms with Crippen molar-refractivity contribution in [3.8, 4) is 23.6 Å². The molecule has 41 heteroatoms. The van der Waals surface area contributed by atoms with Gasteiger partial charge >= 0.3 is 30.0 Å². The number of aromatic nitrogens is 4. The third kappa shape index (κ3) is 28.8. The summed E-state index contributed by atoms with van der Waals surface area (Å²) in [6, 6.07) is 13.9. The van der Waals surface area contributed by atoms with Crippen molar-refractivity contribution in [1.29, 1.82) is 10.5 Å². The van der Waals surface area contributed by atoms with Crippen LogP contribution in [-0.4, -0.2) is 321 Å². The molecule has 4 atom stereocenters. The summed E-state index contributed by atoms with van der Waals surface area (Å²) >= 11 is 2.72. The second-order valence-corrected chi connectivity index (χ2v) is 31.3. The number of ether oxygens (including phenoxy) is 3. The Labute approximate surface area is 698 Å². The molecule has 2 unspecified atom stereocenters. The molecule has 646 valence electrons. The number of alkyl halides is 2. The van der Waals surface area contributed by atoms with E-state index < -0.39 is 116 Å². The predicted octanol–water partition coefficient (Wildman–Crippen LogP) is 3.02. The number of thioether (sulfide) groups is 2. The minimum Gasteiger partial charge on any atom is -0.491 e. The first kappa shape index (κ1) is 92.6. The molecule has 0 saturated carbocycles. The first-order valence-electron chi connectivity index (χ1n) is 39.8. The Morgan fingerprint density at radius 3 is 1.52 bits per heavy atom. The number of carboxylic acids is 4. The molecule has 37 nitrogen and oxygen atoms in total. The lowest BCUT2D eigenvalue weighted by atomic mass is 9.94. The van der Waals surface area contributed by atoms with E-state index in [-0.39, 0.29) is 166 Å². The molecule has 120 heavy (non-hydrogen) atoms. The van der Waals surface area contributed by atoms with Gasteiger partial charge in [-0.1, -0.05) is 24.3 Å². The molecule has 0 spiro atoms. The molecule has 0 bridgehead atoms. The lowest BCUT2D eigenvalue weighted by molar-refractivity contribution is -0.145. The SMILES string of the molecule is N#C[C@@H]1CCCN1C(=O)CNC(=O)c1ccnc2c(OCCCNC(=O)CCSc3nnc(SCCC(=O)NCCCOc4cccc5c(C(=O)NCC(=O)N6CC(F)(F)C[C@H]6C#N)ccnc45)c4c3CCC(OC(=O)NCCCNC(=O)CCC(C(=O)O)N3CCN(CC(=O)O)CCN(CC(=O)O)CCN(CC(=O)O)CC3)CCC4)cccc12. The number of fused-ring (bicyclic) bond motifs is 3. The fourth-order valence-electron chi connectivity index (χ4n) is 14.4. The van der Waals surface area contributed by atoms with Crippen LogP contribution in [0, 0.1) is 22.7 Å². The van der Waals surface area contributed by atoms with Crippen LogP contribution >= 0.6 is 23.5 Å². The Bertz CT molecular complexity index is 4530. The number of benzene rings is 2. The molecule has 1 aliphatic carbocycles. The van der Waals surface area contributed by atoms with E-state index in [1.165, 1.54) is 46.9 Å². The number of para-hydroxylation sites is 2. The summed E-state index contributed by atoms with van der Waals surface area (Å²) in [5.74, 6) is -9.65. The maximum absolute atomic E-state index is 14.0. The van der Waals surface area contributed by atoms with E-state index in [9.17, 15) is 97.3 Å². The summed E-state index contributed by atoms with van der Waals surface area (Å²) in [5.41, 5.74) is 3.00. The normalized spacial score (nSPS) is 17.7. The number of carbonyl (C=O) groups is 12. The van der Waals surface area contributed by atoms with Crippen LogP contribution in [0.25, 0.3) is 21.8 Å². The Kier molecular flexibility index (Phi) is 36.2. The van der Waals surface area contributed by atoms with Crippen molar-refractivity contribution in [3.05, 3.63) is 83.2 Å². The second kappa shape index (κ2) is 46.9. The van der Waals surface area contributed by atoms with E-state index in [1.807, 2.05) is 0 Å². The van der Waals surface area contributed by atoms with Crippen LogP contribution in [0.5, 0.6) is 11.5 Å². The number of nitriles is 2. The van der Waals surface area contributed by atoms with Crippen LogP contribution in [0.15, 0.2) is 71.0 Å². The van der Waals surface area contributed by atoms with Crippen LogP contribution in [0.3, 0.4) is 0 Å². The third-order valence-electron chi connectivity index (χ3n) is 20.5. The van der Waals surface area contributed by atoms with Gasteiger partial charge < -0.3 is 76.3 Å². The molecule has 3 aromatic heterocycles. The number of nitrogens with one attached hydrogen (secondary N) is 6. The minimum atomic E-state index is -3.22. The van der Waals surface area contributed by atoms with Crippen molar-refractivity contribution >= 4 is 117 Å². The number of halogens is 2. The lowest BCUT2D eigenvalue weighted by Gasteiger charge is -2.35. The Morgan fingerprint density at radius 2 is 1.02 bits per heavy atom. The summed E-state index contributed by atoms with van der Waals surface area (Å²) in [5, 5.41) is 85.8. The highest BCUT2D eigenvalue weighted by molar-refractivity contribution is 7.99. The summed E-state index contributed by atoms with van der Waals surface area (Å²) in [6.45, 7) is -0.531. The monoisotopic (exact) mass is 1710 g/mol. The highest BCUT2D eigenvalue weighted by Gasteiger charge is 2.47. The zero-order valence-corrected chi connectivity index (χ0v) is 67.9. The highest BCUT2D eigenvalue weighted by atomic mass is 32.2. The van der Waals surface area contributed by atoms with Gasteiger partial charge in [0, 0.05) is 145 Å². The lowest BCUT2D eigenvalue weighted by Crippen LogP contribution is -2.52. The summed E-state index contributed by atoms with van der Waals surface area (Å²) in [4.78, 5) is 171.